The summed E-state index contributed by atoms with van der Waals surface area (Å²) >= 11 is 0. The molecule has 0 aliphatic heterocycles. The van der Waals surface area contributed by atoms with Gasteiger partial charge in [-0.05, 0) is 45.0 Å². The minimum Gasteiger partial charge on any atom is -0.453 e. The van der Waals surface area contributed by atoms with Gasteiger partial charge in [0.2, 0.25) is 0 Å². The molecule has 0 spiro atoms. The fourth-order valence-corrected chi connectivity index (χ4v) is 1.79. The Morgan fingerprint density at radius 3 is 2.37 bits per heavy atom. The summed E-state index contributed by atoms with van der Waals surface area (Å²) in [7, 11) is 0. The van der Waals surface area contributed by atoms with Crippen molar-refractivity contribution in [1.82, 2.24) is 4.98 Å². The summed E-state index contributed by atoms with van der Waals surface area (Å²) in [6.45, 7) is 4.56. The van der Waals surface area contributed by atoms with Crippen molar-refractivity contribution in [3.63, 3.8) is 0 Å². The Kier molecular flexibility index (Phi) is 6.07. The van der Waals surface area contributed by atoms with Crippen LogP contribution in [0.2, 0.25) is 0 Å². The monoisotopic (exact) mass is 371 g/mol. The summed E-state index contributed by atoms with van der Waals surface area (Å²) in [6.07, 6.45) is 0. The first-order valence-electron chi connectivity index (χ1n) is 8.07. The number of carbonyl (C=O) groups is 2. The largest absolute Gasteiger partial charge is 0.453 e. The van der Waals surface area contributed by atoms with E-state index in [4.69, 9.17) is 20.9 Å². The van der Waals surface area contributed by atoms with Gasteiger partial charge < -0.3 is 20.9 Å². The molecule has 0 unspecified atom stereocenters. The van der Waals surface area contributed by atoms with E-state index in [1.54, 1.807) is 57.2 Å². The molecule has 1 heterocycles. The number of esters is 2. The molecular weight excluding hydrogens is 350 g/mol. The SMILES string of the molecule is CC(C)(C)C(=O)OCC(=O)Oc1ccccc1N=Nc1ccc(N)nc1N. The van der Waals surface area contributed by atoms with Crippen molar-refractivity contribution in [1.29, 1.82) is 0 Å². The van der Waals surface area contributed by atoms with Crippen molar-refractivity contribution >= 4 is 34.9 Å². The summed E-state index contributed by atoms with van der Waals surface area (Å²) < 4.78 is 10.1. The van der Waals surface area contributed by atoms with Crippen LogP contribution < -0.4 is 16.2 Å². The Balaban J connectivity index is 2.08. The molecule has 0 bridgehead atoms. The smallest absolute Gasteiger partial charge is 0.349 e. The van der Waals surface area contributed by atoms with E-state index in [2.05, 4.69) is 15.2 Å². The van der Waals surface area contributed by atoms with Crippen LogP contribution in [0.25, 0.3) is 0 Å². The van der Waals surface area contributed by atoms with E-state index >= 15 is 0 Å². The number of ether oxygens (including phenoxy) is 2. The number of nitrogens with zero attached hydrogens (tertiary/aromatic N) is 3. The maximum atomic E-state index is 11.9. The Bertz CT molecular complexity index is 874. The third-order valence-corrected chi connectivity index (χ3v) is 3.21. The maximum absolute atomic E-state index is 11.9. The molecule has 0 fully saturated rings. The van der Waals surface area contributed by atoms with Crippen molar-refractivity contribution in [3.05, 3.63) is 36.4 Å². The molecule has 4 N–H and O–H groups in total. The van der Waals surface area contributed by atoms with Crippen LogP contribution in [0.3, 0.4) is 0 Å². The van der Waals surface area contributed by atoms with E-state index in [9.17, 15) is 9.59 Å². The molecule has 0 saturated carbocycles. The highest BCUT2D eigenvalue weighted by atomic mass is 16.6. The minimum absolute atomic E-state index is 0.127. The second-order valence-corrected chi connectivity index (χ2v) is 6.61. The Hall–Kier alpha value is -3.49. The van der Waals surface area contributed by atoms with Crippen molar-refractivity contribution in [2.24, 2.45) is 15.6 Å². The van der Waals surface area contributed by atoms with Crippen LogP contribution in [-0.2, 0) is 14.3 Å². The number of benzene rings is 1. The fraction of sp³-hybridized carbons (Fsp3) is 0.278. The molecular formula is C18H21N5O4. The molecule has 0 aliphatic carbocycles. The average Bonchev–Trinajstić information content (AvgIpc) is 2.59. The fourth-order valence-electron chi connectivity index (χ4n) is 1.79. The molecule has 2 aromatic rings. The molecule has 0 radical (unpaired) electrons. The Morgan fingerprint density at radius 1 is 1.04 bits per heavy atom. The number of hydrogen-bond donors (Lipinski definition) is 2. The molecule has 9 nitrogen and oxygen atoms in total. The van der Waals surface area contributed by atoms with E-state index in [0.717, 1.165) is 0 Å². The number of anilines is 2. The maximum Gasteiger partial charge on any atom is 0.349 e. The van der Waals surface area contributed by atoms with E-state index < -0.39 is 24.0 Å². The highest BCUT2D eigenvalue weighted by molar-refractivity contribution is 5.81. The molecule has 0 amide bonds. The molecule has 142 valence electrons. The molecule has 0 atom stereocenters. The van der Waals surface area contributed by atoms with Crippen molar-refractivity contribution < 1.29 is 19.1 Å². The molecule has 2 rings (SSSR count). The Morgan fingerprint density at radius 2 is 1.70 bits per heavy atom. The zero-order valence-corrected chi connectivity index (χ0v) is 15.3. The van der Waals surface area contributed by atoms with E-state index in [0.29, 0.717) is 11.4 Å². The first-order valence-corrected chi connectivity index (χ1v) is 8.07. The normalized spacial score (nSPS) is 11.4. The number of nitrogens with two attached hydrogens (primary N) is 2. The lowest BCUT2D eigenvalue weighted by atomic mass is 9.97. The summed E-state index contributed by atoms with van der Waals surface area (Å²) in [5, 5.41) is 8.03. The van der Waals surface area contributed by atoms with Gasteiger partial charge in [0, 0.05) is 0 Å². The predicted molar refractivity (Wildman–Crippen MR) is 99.7 cm³/mol. The predicted octanol–water partition coefficient (Wildman–Crippen LogP) is 3.16. The van der Waals surface area contributed by atoms with Crippen LogP contribution in [0.4, 0.5) is 23.0 Å². The van der Waals surface area contributed by atoms with Crippen LogP contribution in [0.5, 0.6) is 5.75 Å². The molecule has 1 aromatic carbocycles. The zero-order chi connectivity index (χ0) is 20.0. The lowest BCUT2D eigenvalue weighted by Crippen LogP contribution is -2.27. The van der Waals surface area contributed by atoms with E-state index in [-0.39, 0.29) is 17.4 Å². The number of nitrogen functional groups attached to an aromatic ring is 2. The summed E-state index contributed by atoms with van der Waals surface area (Å²) in [5.41, 5.74) is 11.2. The Labute approximate surface area is 156 Å². The van der Waals surface area contributed by atoms with E-state index in [1.807, 2.05) is 0 Å². The number of hydrogen-bond acceptors (Lipinski definition) is 9. The lowest BCUT2D eigenvalue weighted by Gasteiger charge is -2.16. The quantitative estimate of drug-likeness (QED) is 0.467. The summed E-state index contributed by atoms with van der Waals surface area (Å²) in [5.74, 6) is -0.671. The molecule has 0 aliphatic rings. The standard InChI is InChI=1S/C18H21N5O4/c1-18(2,3)17(25)26-10-15(24)27-13-7-5-4-6-11(13)22-23-12-8-9-14(19)21-16(12)20/h4-9H,10H2,1-3H3,(H4,19,20,21). The van der Waals surface area contributed by atoms with Crippen molar-refractivity contribution in [2.45, 2.75) is 20.8 Å². The topological polar surface area (TPSA) is 142 Å². The van der Waals surface area contributed by atoms with Gasteiger partial charge in [0.15, 0.2) is 18.2 Å². The number of aromatic nitrogens is 1. The molecule has 9 heteroatoms. The van der Waals surface area contributed by atoms with Crippen molar-refractivity contribution in [2.75, 3.05) is 18.1 Å². The third kappa shape index (κ3) is 5.77. The van der Waals surface area contributed by atoms with Gasteiger partial charge >= 0.3 is 11.9 Å². The second kappa shape index (κ2) is 8.26. The minimum atomic E-state index is -0.732. The number of para-hydroxylation sites is 1. The molecule has 0 saturated heterocycles. The lowest BCUT2D eigenvalue weighted by molar-refractivity contribution is -0.160. The van der Waals surface area contributed by atoms with Gasteiger partial charge in [0.25, 0.3) is 0 Å². The first kappa shape index (κ1) is 19.8. The average molecular weight is 371 g/mol. The van der Waals surface area contributed by atoms with Gasteiger partial charge in [-0.3, -0.25) is 4.79 Å². The summed E-state index contributed by atoms with van der Waals surface area (Å²) in [6, 6.07) is 9.64. The van der Waals surface area contributed by atoms with Crippen LogP contribution in [0.1, 0.15) is 20.8 Å². The van der Waals surface area contributed by atoms with Gasteiger partial charge in [0.05, 0.1) is 5.41 Å². The van der Waals surface area contributed by atoms with Crippen molar-refractivity contribution in [3.8, 4) is 5.75 Å². The van der Waals surface area contributed by atoms with Gasteiger partial charge in [-0.25, -0.2) is 9.78 Å². The van der Waals surface area contributed by atoms with Gasteiger partial charge in [-0.1, -0.05) is 12.1 Å². The summed E-state index contributed by atoms with van der Waals surface area (Å²) in [4.78, 5) is 27.5. The highest BCUT2D eigenvalue weighted by Crippen LogP contribution is 2.30. The number of pyridine rings is 1. The van der Waals surface area contributed by atoms with Crippen LogP contribution >= 0.6 is 0 Å². The van der Waals surface area contributed by atoms with E-state index in [1.165, 1.54) is 0 Å². The highest BCUT2D eigenvalue weighted by Gasteiger charge is 2.24. The van der Waals surface area contributed by atoms with Crippen LogP contribution in [-0.4, -0.2) is 23.5 Å². The van der Waals surface area contributed by atoms with Crippen LogP contribution in [0.15, 0.2) is 46.6 Å². The van der Waals surface area contributed by atoms with Gasteiger partial charge in [-0.15, -0.1) is 10.2 Å². The van der Waals surface area contributed by atoms with Gasteiger partial charge in [-0.2, -0.15) is 0 Å². The first-order chi connectivity index (χ1) is 12.7. The second-order valence-electron chi connectivity index (χ2n) is 6.61. The molecule has 1 aromatic heterocycles. The van der Waals surface area contributed by atoms with Crippen LogP contribution in [0, 0.1) is 5.41 Å². The number of rotatable bonds is 5. The zero-order valence-electron chi connectivity index (χ0n) is 15.3. The molecule has 27 heavy (non-hydrogen) atoms. The number of carbonyl (C=O) groups excluding carboxylic acids is 2. The number of azo groups is 1. The van der Waals surface area contributed by atoms with Gasteiger partial charge in [0.1, 0.15) is 17.2 Å². The third-order valence-electron chi connectivity index (χ3n) is 3.21.